The third-order valence-corrected chi connectivity index (χ3v) is 8.42. The van der Waals surface area contributed by atoms with E-state index in [1.165, 1.54) is 54.3 Å². The van der Waals surface area contributed by atoms with Crippen LogP contribution in [0, 0.1) is 28.5 Å². The summed E-state index contributed by atoms with van der Waals surface area (Å²) in [5.41, 5.74) is 3.63. The number of carbonyl (C=O) groups is 1. The molecule has 0 saturated carbocycles. The summed E-state index contributed by atoms with van der Waals surface area (Å²) < 4.78 is 20.0. The van der Waals surface area contributed by atoms with Crippen molar-refractivity contribution in [2.75, 3.05) is 25.1 Å². The number of nitrogens with one attached hydrogen (secondary N) is 2. The highest BCUT2D eigenvalue weighted by atomic mass is 32.1. The Kier molecular flexibility index (Phi) is 9.65. The van der Waals surface area contributed by atoms with Crippen molar-refractivity contribution in [3.63, 3.8) is 0 Å². The zero-order valence-corrected chi connectivity index (χ0v) is 24.9. The fraction of sp³-hybridized carbons (Fsp3) is 0.219. The lowest BCUT2D eigenvalue weighted by molar-refractivity contribution is -0.124. The van der Waals surface area contributed by atoms with Crippen molar-refractivity contribution < 1.29 is 24.2 Å². The fourth-order valence-corrected chi connectivity index (χ4v) is 5.96. The van der Waals surface area contributed by atoms with Crippen molar-refractivity contribution in [3.05, 3.63) is 81.7 Å². The number of hydrogen-bond donors (Lipinski definition) is 4. The van der Waals surface area contributed by atoms with Gasteiger partial charge in [0.05, 0.1) is 12.7 Å². The van der Waals surface area contributed by atoms with E-state index >= 15 is 0 Å². The van der Waals surface area contributed by atoms with Crippen LogP contribution in [0.25, 0.3) is 28.3 Å². The number of aromatic nitrogens is 2. The molecule has 2 aromatic heterocycles. The lowest BCUT2D eigenvalue weighted by atomic mass is 9.91. The molecule has 228 valence electrons. The summed E-state index contributed by atoms with van der Waals surface area (Å²) in [6, 6.07) is 13.4. The summed E-state index contributed by atoms with van der Waals surface area (Å²) in [7, 11) is 1.44. The van der Waals surface area contributed by atoms with Crippen molar-refractivity contribution in [2.45, 2.75) is 25.4 Å². The number of aromatic hydroxyl groups is 1. The number of thiazole rings is 1. The number of carbonyl (C=O) groups excluding carboxylic acids is 1. The molecule has 4 N–H and O–H groups in total. The number of ether oxygens (including phenoxy) is 1. The highest BCUT2D eigenvalue weighted by molar-refractivity contribution is 7.12. The lowest BCUT2D eigenvalue weighted by Crippen LogP contribution is -2.42. The Morgan fingerprint density at radius 2 is 1.93 bits per heavy atom. The number of nitriles is 2. The number of amides is 1. The van der Waals surface area contributed by atoms with Crippen LogP contribution in [0.3, 0.4) is 0 Å². The Labute approximate surface area is 262 Å². The number of phenolic OH excluding ortho intramolecular Hbond substituents is 1. The molecule has 3 heterocycles. The molecule has 11 nitrogen and oxygen atoms in total. The highest BCUT2D eigenvalue weighted by Crippen LogP contribution is 2.41. The molecule has 0 unspecified atom stereocenters. The van der Waals surface area contributed by atoms with Gasteiger partial charge in [-0.2, -0.15) is 10.5 Å². The molecule has 0 aliphatic carbocycles. The largest absolute Gasteiger partial charge is 0.504 e. The number of nitrogens with zero attached hydrogens (tertiary/aromatic N) is 5. The van der Waals surface area contributed by atoms with Gasteiger partial charge in [-0.1, -0.05) is 12.1 Å². The molecule has 45 heavy (non-hydrogen) atoms. The van der Waals surface area contributed by atoms with Gasteiger partial charge in [-0.3, -0.25) is 10.0 Å². The van der Waals surface area contributed by atoms with E-state index in [0.717, 1.165) is 17.7 Å². The van der Waals surface area contributed by atoms with Gasteiger partial charge in [0.25, 0.3) is 5.91 Å². The molecule has 1 aliphatic rings. The van der Waals surface area contributed by atoms with E-state index in [0.29, 0.717) is 52.7 Å². The Hall–Kier alpha value is -5.34. The smallest absolute Gasteiger partial charge is 0.267 e. The van der Waals surface area contributed by atoms with Gasteiger partial charge in [0.2, 0.25) is 0 Å². The Bertz CT molecular complexity index is 1840. The number of benzene rings is 2. The molecule has 1 amide bonds. The number of phenols is 1. The first kappa shape index (κ1) is 31.1. The third-order valence-electron chi connectivity index (χ3n) is 7.46. The number of hydrogen-bond acceptors (Lipinski definition) is 11. The second kappa shape index (κ2) is 14.0. The van der Waals surface area contributed by atoms with Crippen LogP contribution in [0.2, 0.25) is 0 Å². The van der Waals surface area contributed by atoms with Crippen LogP contribution in [0.4, 0.5) is 10.2 Å². The maximum atomic E-state index is 14.8. The second-order valence-electron chi connectivity index (χ2n) is 10.2. The molecule has 1 saturated heterocycles. The van der Waals surface area contributed by atoms with Crippen molar-refractivity contribution in [1.82, 2.24) is 20.8 Å². The molecule has 0 atom stereocenters. The molecule has 0 radical (unpaired) electrons. The van der Waals surface area contributed by atoms with Crippen LogP contribution in [-0.4, -0.2) is 52.4 Å². The second-order valence-corrected chi connectivity index (χ2v) is 11.3. The molecule has 0 bridgehead atoms. The fourth-order valence-electron chi connectivity index (χ4n) is 5.19. The van der Waals surface area contributed by atoms with E-state index in [1.54, 1.807) is 30.6 Å². The van der Waals surface area contributed by atoms with E-state index in [-0.39, 0.29) is 28.7 Å². The lowest BCUT2D eigenvalue weighted by Gasteiger charge is -2.34. The molecule has 4 aromatic rings. The summed E-state index contributed by atoms with van der Waals surface area (Å²) in [4.78, 5) is 23.2. The Balaban J connectivity index is 1.38. The van der Waals surface area contributed by atoms with E-state index in [4.69, 9.17) is 9.94 Å². The number of piperidine rings is 1. The van der Waals surface area contributed by atoms with Crippen LogP contribution in [0.5, 0.6) is 11.5 Å². The molecule has 1 fully saturated rings. The van der Waals surface area contributed by atoms with Gasteiger partial charge in [-0.15, -0.1) is 11.3 Å². The van der Waals surface area contributed by atoms with Crippen LogP contribution >= 0.6 is 11.3 Å². The standard InChI is InChI=1S/C32H28FN7O4S/c1-44-28-5-4-19(13-27(28)41)25-18-38-32(24(15-35)31(25)20-2-3-21(14-34)26(33)12-20)40-10-8-22(9-11-40)36-16-23-17-37-30(45-23)7-6-29(42)39-43/h2-7,12-13,17-18,22,36,41,43H,8-11,16H2,1H3,(H,39,42)/b7-6+. The van der Waals surface area contributed by atoms with Crippen molar-refractivity contribution >= 4 is 29.1 Å². The molecular weight excluding hydrogens is 597 g/mol. The van der Waals surface area contributed by atoms with Crippen LogP contribution < -0.4 is 20.4 Å². The summed E-state index contributed by atoms with van der Waals surface area (Å²) >= 11 is 1.44. The Morgan fingerprint density at radius 1 is 1.16 bits per heavy atom. The predicted molar refractivity (Wildman–Crippen MR) is 166 cm³/mol. The minimum absolute atomic E-state index is 0.0933. The number of halogens is 1. The first-order valence-corrected chi connectivity index (χ1v) is 14.7. The van der Waals surface area contributed by atoms with Gasteiger partial charge < -0.3 is 20.1 Å². The summed E-state index contributed by atoms with van der Waals surface area (Å²) in [6.45, 7) is 1.84. The monoisotopic (exact) mass is 625 g/mol. The quantitative estimate of drug-likeness (QED) is 0.116. The number of rotatable bonds is 9. The van der Waals surface area contributed by atoms with E-state index < -0.39 is 11.7 Å². The maximum Gasteiger partial charge on any atom is 0.267 e. The molecule has 5 rings (SSSR count). The minimum Gasteiger partial charge on any atom is -0.504 e. The van der Waals surface area contributed by atoms with Gasteiger partial charge in [-0.05, 0) is 54.3 Å². The first-order chi connectivity index (χ1) is 21.8. The maximum absolute atomic E-state index is 14.8. The number of anilines is 1. The first-order valence-electron chi connectivity index (χ1n) is 13.9. The normalized spacial score (nSPS) is 13.4. The summed E-state index contributed by atoms with van der Waals surface area (Å²) in [6.07, 6.45) is 7.65. The minimum atomic E-state index is -0.701. The van der Waals surface area contributed by atoms with Gasteiger partial charge in [0, 0.05) is 60.1 Å². The number of methoxy groups -OCH3 is 1. The highest BCUT2D eigenvalue weighted by Gasteiger charge is 2.26. The predicted octanol–water partition coefficient (Wildman–Crippen LogP) is 4.75. The number of hydroxylamine groups is 1. The van der Waals surface area contributed by atoms with Crippen molar-refractivity contribution in [2.24, 2.45) is 0 Å². The average Bonchev–Trinajstić information content (AvgIpc) is 3.53. The van der Waals surface area contributed by atoms with Gasteiger partial charge in [0.1, 0.15) is 34.3 Å². The van der Waals surface area contributed by atoms with Crippen LogP contribution in [0.1, 0.15) is 33.9 Å². The average molecular weight is 626 g/mol. The van der Waals surface area contributed by atoms with E-state index in [9.17, 15) is 24.8 Å². The molecular formula is C32H28FN7O4S. The van der Waals surface area contributed by atoms with E-state index in [2.05, 4.69) is 21.4 Å². The third kappa shape index (κ3) is 6.92. The SMILES string of the molecule is COc1ccc(-c2cnc(N3CCC(NCc4cnc(/C=C/C(=O)NO)s4)CC3)c(C#N)c2-c2ccc(C#N)c(F)c2)cc1O. The van der Waals surface area contributed by atoms with Crippen LogP contribution in [0.15, 0.2) is 54.9 Å². The number of pyridine rings is 1. The van der Waals surface area contributed by atoms with Crippen LogP contribution in [-0.2, 0) is 11.3 Å². The molecule has 0 spiro atoms. The zero-order valence-electron chi connectivity index (χ0n) is 24.1. The topological polar surface area (TPSA) is 167 Å². The van der Waals surface area contributed by atoms with Gasteiger partial charge in [-0.25, -0.2) is 19.8 Å². The van der Waals surface area contributed by atoms with Crippen molar-refractivity contribution in [3.8, 4) is 45.9 Å². The van der Waals surface area contributed by atoms with Gasteiger partial charge in [0.15, 0.2) is 11.5 Å². The molecule has 13 heteroatoms. The van der Waals surface area contributed by atoms with Crippen molar-refractivity contribution in [1.29, 1.82) is 10.5 Å². The zero-order chi connectivity index (χ0) is 31.9. The summed E-state index contributed by atoms with van der Waals surface area (Å²) in [5.74, 6) is -0.665. The molecule has 2 aromatic carbocycles. The van der Waals surface area contributed by atoms with E-state index in [1.807, 2.05) is 11.0 Å². The summed E-state index contributed by atoms with van der Waals surface area (Å²) in [5, 5.41) is 42.9. The van der Waals surface area contributed by atoms with Gasteiger partial charge >= 0.3 is 0 Å². The Morgan fingerprint density at radius 3 is 2.60 bits per heavy atom. The molecule has 1 aliphatic heterocycles.